The Morgan fingerprint density at radius 1 is 1.05 bits per heavy atom. The Morgan fingerprint density at radius 3 is 2.24 bits per heavy atom. The van der Waals surface area contributed by atoms with Crippen LogP contribution in [0.3, 0.4) is 0 Å². The van der Waals surface area contributed by atoms with Gasteiger partial charge in [0.1, 0.15) is 6.61 Å². The highest BCUT2D eigenvalue weighted by Gasteiger charge is 2.16. The third-order valence-electron chi connectivity index (χ3n) is 2.96. The van der Waals surface area contributed by atoms with E-state index in [2.05, 4.69) is 6.58 Å². The number of rotatable bonds is 5. The molecule has 2 aromatic carbocycles. The second-order valence-electron chi connectivity index (χ2n) is 4.37. The molecule has 0 amide bonds. The number of carbonyl (C=O) groups is 2. The van der Waals surface area contributed by atoms with E-state index in [9.17, 15) is 9.59 Å². The van der Waals surface area contributed by atoms with Crippen LogP contribution in [-0.2, 0) is 11.3 Å². The molecule has 0 saturated carbocycles. The number of carboxylic acids is 1. The smallest absolute Gasteiger partial charge is 0.339 e. The van der Waals surface area contributed by atoms with Crippen molar-refractivity contribution in [2.24, 2.45) is 0 Å². The Bertz CT molecular complexity index is 671. The quantitative estimate of drug-likeness (QED) is 0.854. The van der Waals surface area contributed by atoms with E-state index in [0.717, 1.165) is 11.1 Å². The van der Waals surface area contributed by atoms with Crippen LogP contribution < -0.4 is 0 Å². The molecule has 0 bridgehead atoms. The summed E-state index contributed by atoms with van der Waals surface area (Å²) < 4.78 is 5.15. The summed E-state index contributed by atoms with van der Waals surface area (Å²) in [4.78, 5) is 23.0. The van der Waals surface area contributed by atoms with Crippen molar-refractivity contribution in [3.8, 4) is 0 Å². The van der Waals surface area contributed by atoms with E-state index in [1.54, 1.807) is 18.2 Å². The Hall–Kier alpha value is -2.88. The Balaban J connectivity index is 2.08. The molecule has 0 fully saturated rings. The predicted molar refractivity (Wildman–Crippen MR) is 79.1 cm³/mol. The summed E-state index contributed by atoms with van der Waals surface area (Å²) in [6.45, 7) is 3.75. The lowest BCUT2D eigenvalue weighted by Crippen LogP contribution is -2.11. The normalized spacial score (nSPS) is 9.90. The third kappa shape index (κ3) is 3.57. The van der Waals surface area contributed by atoms with E-state index >= 15 is 0 Å². The molecule has 0 saturated heterocycles. The van der Waals surface area contributed by atoms with Crippen LogP contribution in [0.15, 0.2) is 55.1 Å². The zero-order valence-electron chi connectivity index (χ0n) is 11.3. The summed E-state index contributed by atoms with van der Waals surface area (Å²) in [5.41, 5.74) is 1.78. The second kappa shape index (κ2) is 6.52. The summed E-state index contributed by atoms with van der Waals surface area (Å²) in [5.74, 6) is -1.81. The zero-order valence-corrected chi connectivity index (χ0v) is 11.3. The third-order valence-corrected chi connectivity index (χ3v) is 2.96. The predicted octanol–water partition coefficient (Wildman–Crippen LogP) is 3.38. The van der Waals surface area contributed by atoms with Crippen LogP contribution in [0.4, 0.5) is 0 Å². The largest absolute Gasteiger partial charge is 0.478 e. The first-order valence-electron chi connectivity index (χ1n) is 6.32. The first-order chi connectivity index (χ1) is 10.1. The molecular weight excluding hydrogens is 268 g/mol. The van der Waals surface area contributed by atoms with Gasteiger partial charge >= 0.3 is 11.9 Å². The van der Waals surface area contributed by atoms with E-state index in [0.29, 0.717) is 0 Å². The molecule has 0 spiro atoms. The van der Waals surface area contributed by atoms with Gasteiger partial charge in [0.2, 0.25) is 0 Å². The number of carboxylic acid groups (broad SMARTS) is 1. The van der Waals surface area contributed by atoms with Crippen molar-refractivity contribution in [1.29, 1.82) is 0 Å². The SMILES string of the molecule is C=Cc1ccc(COC(=O)c2ccccc2C(=O)O)cc1. The Morgan fingerprint density at radius 2 is 1.67 bits per heavy atom. The molecule has 0 aliphatic carbocycles. The number of esters is 1. The molecule has 0 radical (unpaired) electrons. The summed E-state index contributed by atoms with van der Waals surface area (Å²) in [6, 6.07) is 13.4. The van der Waals surface area contributed by atoms with Gasteiger partial charge < -0.3 is 9.84 Å². The summed E-state index contributed by atoms with van der Waals surface area (Å²) in [7, 11) is 0. The lowest BCUT2D eigenvalue weighted by molar-refractivity contribution is 0.0463. The van der Waals surface area contributed by atoms with Gasteiger partial charge in [-0.2, -0.15) is 0 Å². The topological polar surface area (TPSA) is 63.6 Å². The van der Waals surface area contributed by atoms with E-state index in [1.807, 2.05) is 24.3 Å². The van der Waals surface area contributed by atoms with Gasteiger partial charge in [-0.05, 0) is 23.3 Å². The number of benzene rings is 2. The maximum absolute atomic E-state index is 12.0. The number of aromatic carboxylic acids is 1. The maximum atomic E-state index is 12.0. The zero-order chi connectivity index (χ0) is 15.2. The average Bonchev–Trinajstić information content (AvgIpc) is 2.53. The van der Waals surface area contributed by atoms with Crippen molar-refractivity contribution < 1.29 is 19.4 Å². The van der Waals surface area contributed by atoms with E-state index in [4.69, 9.17) is 9.84 Å². The van der Waals surface area contributed by atoms with Gasteiger partial charge in [-0.1, -0.05) is 49.1 Å². The number of hydrogen-bond acceptors (Lipinski definition) is 3. The van der Waals surface area contributed by atoms with Crippen LogP contribution in [0.2, 0.25) is 0 Å². The molecule has 0 aliphatic heterocycles. The van der Waals surface area contributed by atoms with Gasteiger partial charge in [-0.3, -0.25) is 0 Å². The highest BCUT2D eigenvalue weighted by atomic mass is 16.5. The minimum absolute atomic E-state index is 0.0488. The van der Waals surface area contributed by atoms with E-state index < -0.39 is 11.9 Å². The Kier molecular flexibility index (Phi) is 4.51. The van der Waals surface area contributed by atoms with Crippen LogP contribution in [0.5, 0.6) is 0 Å². The molecule has 21 heavy (non-hydrogen) atoms. The van der Waals surface area contributed by atoms with Crippen molar-refractivity contribution in [1.82, 2.24) is 0 Å². The molecule has 0 aliphatic rings. The maximum Gasteiger partial charge on any atom is 0.339 e. The molecule has 0 unspecified atom stereocenters. The van der Waals surface area contributed by atoms with Crippen molar-refractivity contribution in [3.05, 3.63) is 77.4 Å². The fourth-order valence-electron chi connectivity index (χ4n) is 1.82. The van der Waals surface area contributed by atoms with Gasteiger partial charge in [0, 0.05) is 0 Å². The van der Waals surface area contributed by atoms with Crippen LogP contribution >= 0.6 is 0 Å². The number of carbonyl (C=O) groups excluding carboxylic acids is 1. The molecule has 4 nitrogen and oxygen atoms in total. The standard InChI is InChI=1S/C17H14O4/c1-2-12-7-9-13(10-8-12)11-21-17(20)15-6-4-3-5-14(15)16(18)19/h2-10H,1,11H2,(H,18,19). The molecule has 0 aromatic heterocycles. The lowest BCUT2D eigenvalue weighted by atomic mass is 10.1. The molecule has 0 heterocycles. The van der Waals surface area contributed by atoms with Crippen LogP contribution in [-0.4, -0.2) is 17.0 Å². The molecule has 2 rings (SSSR count). The highest BCUT2D eigenvalue weighted by molar-refractivity contribution is 6.02. The fourth-order valence-corrected chi connectivity index (χ4v) is 1.82. The van der Waals surface area contributed by atoms with Crippen LogP contribution in [0.1, 0.15) is 31.8 Å². The first-order valence-corrected chi connectivity index (χ1v) is 6.32. The van der Waals surface area contributed by atoms with Crippen LogP contribution in [0, 0.1) is 0 Å². The van der Waals surface area contributed by atoms with Crippen molar-refractivity contribution >= 4 is 18.0 Å². The van der Waals surface area contributed by atoms with E-state index in [-0.39, 0.29) is 17.7 Å². The second-order valence-corrected chi connectivity index (χ2v) is 4.37. The lowest BCUT2D eigenvalue weighted by Gasteiger charge is -2.07. The summed E-state index contributed by atoms with van der Waals surface area (Å²) in [6.07, 6.45) is 1.72. The Labute approximate surface area is 122 Å². The van der Waals surface area contributed by atoms with Crippen molar-refractivity contribution in [3.63, 3.8) is 0 Å². The van der Waals surface area contributed by atoms with Gasteiger partial charge in [0.05, 0.1) is 11.1 Å². The van der Waals surface area contributed by atoms with Gasteiger partial charge in [0.15, 0.2) is 0 Å². The molecule has 2 aromatic rings. The highest BCUT2D eigenvalue weighted by Crippen LogP contribution is 2.12. The van der Waals surface area contributed by atoms with Gasteiger partial charge in [-0.25, -0.2) is 9.59 Å². The first kappa shape index (κ1) is 14.5. The number of hydrogen-bond donors (Lipinski definition) is 1. The van der Waals surface area contributed by atoms with Crippen molar-refractivity contribution in [2.45, 2.75) is 6.61 Å². The minimum atomic E-state index is -1.15. The van der Waals surface area contributed by atoms with Gasteiger partial charge in [-0.15, -0.1) is 0 Å². The fraction of sp³-hybridized carbons (Fsp3) is 0.0588. The average molecular weight is 282 g/mol. The molecule has 4 heteroatoms. The molecule has 0 atom stereocenters. The number of ether oxygens (including phenoxy) is 1. The summed E-state index contributed by atoms with van der Waals surface area (Å²) >= 11 is 0. The summed E-state index contributed by atoms with van der Waals surface area (Å²) in [5, 5.41) is 9.04. The van der Waals surface area contributed by atoms with Gasteiger partial charge in [0.25, 0.3) is 0 Å². The molecular formula is C17H14O4. The monoisotopic (exact) mass is 282 g/mol. The molecule has 1 N–H and O–H groups in total. The van der Waals surface area contributed by atoms with Crippen molar-refractivity contribution in [2.75, 3.05) is 0 Å². The van der Waals surface area contributed by atoms with E-state index in [1.165, 1.54) is 12.1 Å². The van der Waals surface area contributed by atoms with Crippen LogP contribution in [0.25, 0.3) is 6.08 Å². The minimum Gasteiger partial charge on any atom is -0.478 e. The molecule has 106 valence electrons.